The molecule has 1 aromatic rings. The number of rotatable bonds is 4. The molecule has 1 amide bonds. The van der Waals surface area contributed by atoms with Crippen molar-refractivity contribution in [2.75, 3.05) is 38.1 Å². The number of benzene rings is 1. The molecule has 1 aliphatic rings. The number of anilines is 1. The number of halogens is 1. The van der Waals surface area contributed by atoms with E-state index in [4.69, 9.17) is 16.3 Å². The molecular formula is C15H21ClN2O2. The van der Waals surface area contributed by atoms with E-state index < -0.39 is 0 Å². The summed E-state index contributed by atoms with van der Waals surface area (Å²) in [6.45, 7) is 1.29. The average Bonchev–Trinajstić information content (AvgIpc) is 2.48. The van der Waals surface area contributed by atoms with Crippen molar-refractivity contribution in [3.63, 3.8) is 0 Å². The minimum absolute atomic E-state index is 0.0729. The maximum atomic E-state index is 12.4. The van der Waals surface area contributed by atoms with Gasteiger partial charge < -0.3 is 15.0 Å². The molecule has 20 heavy (non-hydrogen) atoms. The lowest BCUT2D eigenvalue weighted by Gasteiger charge is -2.36. The normalized spacial score (nSPS) is 17.6. The minimum Gasteiger partial charge on any atom is -0.381 e. The molecule has 1 N–H and O–H groups in total. The number of carbonyl (C=O) groups excluding carboxylic acids is 1. The summed E-state index contributed by atoms with van der Waals surface area (Å²) in [5.74, 6) is 0.339. The summed E-state index contributed by atoms with van der Waals surface area (Å²) in [5.41, 5.74) is 1.32. The summed E-state index contributed by atoms with van der Waals surface area (Å²) in [4.78, 5) is 14.4. The largest absolute Gasteiger partial charge is 0.381 e. The number of alkyl halides is 1. The molecule has 4 nitrogen and oxygen atoms in total. The number of nitrogens with one attached hydrogen (secondary N) is 1. The molecule has 0 radical (unpaired) electrons. The first kappa shape index (κ1) is 15.1. The molecule has 1 aromatic carbocycles. The van der Waals surface area contributed by atoms with Gasteiger partial charge in [-0.15, -0.1) is 11.6 Å². The second kappa shape index (κ2) is 6.46. The lowest BCUT2D eigenvalue weighted by molar-refractivity contribution is 0.0434. The first-order chi connectivity index (χ1) is 9.56. The molecule has 0 aliphatic carbocycles. The van der Waals surface area contributed by atoms with Gasteiger partial charge in [0.2, 0.25) is 0 Å². The smallest absolute Gasteiger partial charge is 0.251 e. The Balaban J connectivity index is 2.12. The summed E-state index contributed by atoms with van der Waals surface area (Å²) in [6, 6.07) is 7.57. The highest BCUT2D eigenvalue weighted by molar-refractivity contribution is 6.19. The van der Waals surface area contributed by atoms with Gasteiger partial charge in [0.1, 0.15) is 0 Å². The molecule has 1 aliphatic heterocycles. The van der Waals surface area contributed by atoms with Crippen LogP contribution in [-0.4, -0.2) is 44.6 Å². The standard InChI is InChI=1S/C15H21ClN2O2/c1-18(2)13-5-3-4-12(10-13)14(19)17-15(11-16)6-8-20-9-7-15/h3-5,10H,6-9,11H2,1-2H3,(H,17,19). The first-order valence-electron chi connectivity index (χ1n) is 6.80. The van der Waals surface area contributed by atoms with Crippen LogP contribution in [0.2, 0.25) is 0 Å². The van der Waals surface area contributed by atoms with E-state index in [2.05, 4.69) is 5.32 Å². The van der Waals surface area contributed by atoms with Crippen LogP contribution in [0, 0.1) is 0 Å². The van der Waals surface area contributed by atoms with Gasteiger partial charge >= 0.3 is 0 Å². The SMILES string of the molecule is CN(C)c1cccc(C(=O)NC2(CCl)CCOCC2)c1. The Bertz CT molecular complexity index is 471. The van der Waals surface area contributed by atoms with Crippen molar-refractivity contribution in [3.05, 3.63) is 29.8 Å². The van der Waals surface area contributed by atoms with Crippen LogP contribution >= 0.6 is 11.6 Å². The molecule has 1 fully saturated rings. The first-order valence-corrected chi connectivity index (χ1v) is 7.33. The van der Waals surface area contributed by atoms with Gasteiger partial charge in [-0.3, -0.25) is 4.79 Å². The van der Waals surface area contributed by atoms with E-state index >= 15 is 0 Å². The fourth-order valence-corrected chi connectivity index (χ4v) is 2.63. The van der Waals surface area contributed by atoms with Gasteiger partial charge in [-0.1, -0.05) is 6.07 Å². The lowest BCUT2D eigenvalue weighted by Crippen LogP contribution is -2.53. The molecule has 0 saturated carbocycles. The van der Waals surface area contributed by atoms with Crippen LogP contribution in [0.15, 0.2) is 24.3 Å². The zero-order chi connectivity index (χ0) is 14.6. The number of hydrogen-bond acceptors (Lipinski definition) is 3. The van der Waals surface area contributed by atoms with E-state index in [0.717, 1.165) is 18.5 Å². The molecule has 1 saturated heterocycles. The van der Waals surface area contributed by atoms with Crippen LogP contribution in [0.1, 0.15) is 23.2 Å². The van der Waals surface area contributed by atoms with Gasteiger partial charge in [-0.05, 0) is 31.0 Å². The summed E-state index contributed by atoms with van der Waals surface area (Å²) in [6.07, 6.45) is 1.52. The van der Waals surface area contributed by atoms with E-state index in [0.29, 0.717) is 24.7 Å². The topological polar surface area (TPSA) is 41.6 Å². The molecule has 5 heteroatoms. The maximum Gasteiger partial charge on any atom is 0.251 e. The van der Waals surface area contributed by atoms with Crippen LogP contribution in [0.25, 0.3) is 0 Å². The van der Waals surface area contributed by atoms with Gasteiger partial charge in [0.05, 0.1) is 5.54 Å². The monoisotopic (exact) mass is 296 g/mol. The van der Waals surface area contributed by atoms with Crippen molar-refractivity contribution in [1.82, 2.24) is 5.32 Å². The molecule has 0 atom stereocenters. The third-order valence-electron chi connectivity index (χ3n) is 3.71. The third-order valence-corrected chi connectivity index (χ3v) is 4.22. The minimum atomic E-state index is -0.342. The van der Waals surface area contributed by atoms with Crippen molar-refractivity contribution >= 4 is 23.2 Å². The number of nitrogens with zero attached hydrogens (tertiary/aromatic N) is 1. The van der Waals surface area contributed by atoms with Gasteiger partial charge in [0.25, 0.3) is 5.91 Å². The molecule has 1 heterocycles. The van der Waals surface area contributed by atoms with Crippen molar-refractivity contribution in [1.29, 1.82) is 0 Å². The van der Waals surface area contributed by atoms with E-state index in [-0.39, 0.29) is 11.4 Å². The Kier molecular flexibility index (Phi) is 4.89. The van der Waals surface area contributed by atoms with Crippen LogP contribution < -0.4 is 10.2 Å². The van der Waals surface area contributed by atoms with Crippen molar-refractivity contribution in [2.45, 2.75) is 18.4 Å². The number of ether oxygens (including phenoxy) is 1. The second-order valence-electron chi connectivity index (χ2n) is 5.43. The molecule has 0 unspecified atom stereocenters. The predicted octanol–water partition coefficient (Wildman–Crippen LogP) is 2.27. The zero-order valence-corrected chi connectivity index (χ0v) is 12.7. The highest BCUT2D eigenvalue weighted by Gasteiger charge is 2.33. The number of amides is 1. The molecule has 2 rings (SSSR count). The predicted molar refractivity (Wildman–Crippen MR) is 81.7 cm³/mol. The van der Waals surface area contributed by atoms with E-state index in [1.807, 2.05) is 43.3 Å². The van der Waals surface area contributed by atoms with E-state index in [1.54, 1.807) is 0 Å². The van der Waals surface area contributed by atoms with Crippen LogP contribution in [0.5, 0.6) is 0 Å². The van der Waals surface area contributed by atoms with Gasteiger partial charge in [-0.2, -0.15) is 0 Å². The Morgan fingerprint density at radius 2 is 2.10 bits per heavy atom. The summed E-state index contributed by atoms with van der Waals surface area (Å²) >= 11 is 6.07. The summed E-state index contributed by atoms with van der Waals surface area (Å²) < 4.78 is 5.35. The Labute approximate surface area is 125 Å². The van der Waals surface area contributed by atoms with Crippen LogP contribution in [0.3, 0.4) is 0 Å². The highest BCUT2D eigenvalue weighted by Crippen LogP contribution is 2.23. The second-order valence-corrected chi connectivity index (χ2v) is 5.69. The molecule has 110 valence electrons. The fourth-order valence-electron chi connectivity index (χ4n) is 2.29. The average molecular weight is 297 g/mol. The number of hydrogen-bond donors (Lipinski definition) is 1. The third kappa shape index (κ3) is 3.44. The Hall–Kier alpha value is -1.26. The molecule has 0 aromatic heterocycles. The van der Waals surface area contributed by atoms with Gasteiger partial charge in [0.15, 0.2) is 0 Å². The maximum absolute atomic E-state index is 12.4. The lowest BCUT2D eigenvalue weighted by atomic mass is 9.92. The van der Waals surface area contributed by atoms with Gasteiger partial charge in [-0.25, -0.2) is 0 Å². The van der Waals surface area contributed by atoms with Crippen molar-refractivity contribution < 1.29 is 9.53 Å². The van der Waals surface area contributed by atoms with Crippen LogP contribution in [-0.2, 0) is 4.74 Å². The molecular weight excluding hydrogens is 276 g/mol. The quantitative estimate of drug-likeness (QED) is 0.867. The van der Waals surface area contributed by atoms with Crippen molar-refractivity contribution in [2.24, 2.45) is 0 Å². The molecule has 0 bridgehead atoms. The fraction of sp³-hybridized carbons (Fsp3) is 0.533. The van der Waals surface area contributed by atoms with E-state index in [1.165, 1.54) is 0 Å². The zero-order valence-electron chi connectivity index (χ0n) is 12.0. The summed E-state index contributed by atoms with van der Waals surface area (Å²) in [5, 5.41) is 3.10. The van der Waals surface area contributed by atoms with Crippen LogP contribution in [0.4, 0.5) is 5.69 Å². The molecule has 0 spiro atoms. The van der Waals surface area contributed by atoms with Crippen molar-refractivity contribution in [3.8, 4) is 0 Å². The number of carbonyl (C=O) groups is 1. The van der Waals surface area contributed by atoms with Gasteiger partial charge in [0, 0.05) is 44.4 Å². The van der Waals surface area contributed by atoms with E-state index in [9.17, 15) is 4.79 Å². The Morgan fingerprint density at radius 3 is 2.70 bits per heavy atom. The highest BCUT2D eigenvalue weighted by atomic mass is 35.5. The summed E-state index contributed by atoms with van der Waals surface area (Å²) in [7, 11) is 3.91. The Morgan fingerprint density at radius 1 is 1.40 bits per heavy atom.